The van der Waals surface area contributed by atoms with E-state index < -0.39 is 34.3 Å². The van der Waals surface area contributed by atoms with Gasteiger partial charge in [-0.25, -0.2) is 12.8 Å². The Labute approximate surface area is 189 Å². The summed E-state index contributed by atoms with van der Waals surface area (Å²) < 4.78 is 46.2. The Hall–Kier alpha value is -2.39. The van der Waals surface area contributed by atoms with Gasteiger partial charge in [0.05, 0.1) is 23.9 Å². The minimum atomic E-state index is -4.21. The Morgan fingerprint density at radius 1 is 1.16 bits per heavy atom. The molecule has 0 fully saturated rings. The third-order valence-electron chi connectivity index (χ3n) is 4.45. The van der Waals surface area contributed by atoms with Crippen LogP contribution >= 0.6 is 23.2 Å². The number of amides is 1. The number of carbonyl (C=O) groups is 1. The van der Waals surface area contributed by atoms with Crippen LogP contribution in [0.25, 0.3) is 0 Å². The van der Waals surface area contributed by atoms with Gasteiger partial charge in [-0.3, -0.25) is 4.79 Å². The summed E-state index contributed by atoms with van der Waals surface area (Å²) >= 11 is 12.1. The van der Waals surface area contributed by atoms with Crippen molar-refractivity contribution in [2.75, 3.05) is 6.54 Å². The molecule has 1 atom stereocenters. The van der Waals surface area contributed by atoms with Crippen molar-refractivity contribution in [1.29, 1.82) is 0 Å². The predicted octanol–water partition coefficient (Wildman–Crippen LogP) is 4.79. The summed E-state index contributed by atoms with van der Waals surface area (Å²) in [6.45, 7) is 1.05. The molecule has 0 aliphatic carbocycles. The molecule has 164 valence electrons. The van der Waals surface area contributed by atoms with Gasteiger partial charge in [-0.1, -0.05) is 35.3 Å². The number of carbonyl (C=O) groups excluding carboxylic acids is 1. The fourth-order valence-electron chi connectivity index (χ4n) is 2.89. The number of furan rings is 1. The van der Waals surface area contributed by atoms with E-state index in [1.54, 1.807) is 19.1 Å². The van der Waals surface area contributed by atoms with Gasteiger partial charge in [-0.05, 0) is 55.0 Å². The molecule has 0 aliphatic heterocycles. The van der Waals surface area contributed by atoms with Crippen molar-refractivity contribution in [1.82, 2.24) is 9.62 Å². The fourth-order valence-corrected chi connectivity index (χ4v) is 5.01. The van der Waals surface area contributed by atoms with Gasteiger partial charge in [-0.2, -0.15) is 4.31 Å². The maximum absolute atomic E-state index is 13.3. The molecule has 1 unspecified atom stereocenters. The van der Waals surface area contributed by atoms with Crippen molar-refractivity contribution in [3.8, 4) is 0 Å². The molecule has 1 N–H and O–H groups in total. The fraction of sp³-hybridized carbons (Fsp3) is 0.190. The van der Waals surface area contributed by atoms with Crippen LogP contribution in [0.4, 0.5) is 4.39 Å². The van der Waals surface area contributed by atoms with E-state index in [0.29, 0.717) is 11.3 Å². The molecule has 1 aromatic heterocycles. The van der Waals surface area contributed by atoms with Crippen molar-refractivity contribution in [2.24, 2.45) is 0 Å². The van der Waals surface area contributed by atoms with Gasteiger partial charge in [0.15, 0.2) is 0 Å². The van der Waals surface area contributed by atoms with Gasteiger partial charge in [0.2, 0.25) is 15.9 Å². The zero-order valence-electron chi connectivity index (χ0n) is 16.4. The minimum Gasteiger partial charge on any atom is -0.467 e. The molecular weight excluding hydrogens is 466 g/mol. The molecule has 6 nitrogen and oxygen atoms in total. The maximum atomic E-state index is 13.3. The average Bonchev–Trinajstić information content (AvgIpc) is 3.26. The van der Waals surface area contributed by atoms with Crippen molar-refractivity contribution >= 4 is 39.1 Å². The highest BCUT2D eigenvalue weighted by Gasteiger charge is 2.30. The normalized spacial score (nSPS) is 12.7. The van der Waals surface area contributed by atoms with E-state index in [1.807, 2.05) is 0 Å². The molecule has 3 aromatic rings. The summed E-state index contributed by atoms with van der Waals surface area (Å²) in [4.78, 5) is 12.4. The molecule has 31 heavy (non-hydrogen) atoms. The molecule has 0 radical (unpaired) electrons. The molecule has 10 heteroatoms. The SMILES string of the molecule is CC(NC(=O)CN(Cc1ccc(F)cc1)S(=O)(=O)c1cc(Cl)ccc1Cl)c1ccco1. The largest absolute Gasteiger partial charge is 0.467 e. The standard InChI is InChI=1S/C21H19Cl2FN2O4S/c1-14(19-3-2-10-30-19)25-21(27)13-26(12-15-4-7-17(24)8-5-15)31(28,29)20-11-16(22)6-9-18(20)23/h2-11,14H,12-13H2,1H3,(H,25,27). The first-order chi connectivity index (χ1) is 14.7. The number of hydrogen-bond donors (Lipinski definition) is 1. The van der Waals surface area contributed by atoms with Crippen molar-refractivity contribution < 1.29 is 22.0 Å². The number of halogens is 3. The monoisotopic (exact) mass is 484 g/mol. The lowest BCUT2D eigenvalue weighted by Gasteiger charge is -2.23. The first-order valence-electron chi connectivity index (χ1n) is 9.19. The number of nitrogens with one attached hydrogen (secondary N) is 1. The Morgan fingerprint density at radius 2 is 1.87 bits per heavy atom. The zero-order chi connectivity index (χ0) is 22.6. The lowest BCUT2D eigenvalue weighted by atomic mass is 10.2. The molecule has 0 saturated heterocycles. The van der Waals surface area contributed by atoms with Gasteiger partial charge < -0.3 is 9.73 Å². The number of rotatable bonds is 8. The molecular formula is C21H19Cl2FN2O4S. The maximum Gasteiger partial charge on any atom is 0.245 e. The second-order valence-corrected chi connectivity index (χ2v) is 9.53. The van der Waals surface area contributed by atoms with Crippen LogP contribution in [-0.4, -0.2) is 25.2 Å². The van der Waals surface area contributed by atoms with Crippen molar-refractivity contribution in [3.63, 3.8) is 0 Å². The van der Waals surface area contributed by atoms with Crippen LogP contribution < -0.4 is 5.32 Å². The predicted molar refractivity (Wildman–Crippen MR) is 116 cm³/mol. The van der Waals surface area contributed by atoms with Gasteiger partial charge in [0.25, 0.3) is 0 Å². The second kappa shape index (κ2) is 9.82. The quantitative estimate of drug-likeness (QED) is 0.498. The summed E-state index contributed by atoms with van der Waals surface area (Å²) in [5.41, 5.74) is 0.495. The Bertz CT molecular complexity index is 1150. The Morgan fingerprint density at radius 3 is 2.52 bits per heavy atom. The molecule has 0 bridgehead atoms. The smallest absolute Gasteiger partial charge is 0.245 e. The van der Waals surface area contributed by atoms with Gasteiger partial charge in [-0.15, -0.1) is 0 Å². The van der Waals surface area contributed by atoms with E-state index >= 15 is 0 Å². The van der Waals surface area contributed by atoms with Gasteiger partial charge in [0.1, 0.15) is 16.5 Å². The molecule has 0 aliphatic rings. The Balaban J connectivity index is 1.89. The van der Waals surface area contributed by atoms with Crippen LogP contribution in [0.1, 0.15) is 24.3 Å². The third kappa shape index (κ3) is 5.86. The van der Waals surface area contributed by atoms with Crippen molar-refractivity contribution in [3.05, 3.63) is 88.0 Å². The molecule has 1 heterocycles. The molecule has 3 rings (SSSR count). The van der Waals surface area contributed by atoms with E-state index in [2.05, 4.69) is 5.32 Å². The summed E-state index contributed by atoms with van der Waals surface area (Å²) in [5, 5.41) is 2.85. The van der Waals surface area contributed by atoms with E-state index in [1.165, 1.54) is 48.7 Å². The van der Waals surface area contributed by atoms with E-state index in [-0.39, 0.29) is 21.5 Å². The van der Waals surface area contributed by atoms with E-state index in [4.69, 9.17) is 27.6 Å². The van der Waals surface area contributed by atoms with Crippen LogP contribution in [0.15, 0.2) is 70.2 Å². The van der Waals surface area contributed by atoms with Gasteiger partial charge >= 0.3 is 0 Å². The summed E-state index contributed by atoms with van der Waals surface area (Å²) in [6.07, 6.45) is 1.48. The number of nitrogens with zero attached hydrogens (tertiary/aromatic N) is 1. The second-order valence-electron chi connectivity index (χ2n) is 6.78. The number of hydrogen-bond acceptors (Lipinski definition) is 4. The lowest BCUT2D eigenvalue weighted by Crippen LogP contribution is -2.41. The summed E-state index contributed by atoms with van der Waals surface area (Å²) in [7, 11) is -4.21. The minimum absolute atomic E-state index is 0.0298. The topological polar surface area (TPSA) is 79.6 Å². The van der Waals surface area contributed by atoms with Crippen LogP contribution in [-0.2, 0) is 21.4 Å². The lowest BCUT2D eigenvalue weighted by molar-refractivity contribution is -0.122. The molecule has 0 saturated carbocycles. The highest BCUT2D eigenvalue weighted by molar-refractivity contribution is 7.89. The van der Waals surface area contributed by atoms with E-state index in [0.717, 1.165) is 4.31 Å². The zero-order valence-corrected chi connectivity index (χ0v) is 18.7. The molecule has 0 spiro atoms. The highest BCUT2D eigenvalue weighted by atomic mass is 35.5. The first-order valence-corrected chi connectivity index (χ1v) is 11.4. The number of benzene rings is 2. The number of sulfonamides is 1. The first kappa shape index (κ1) is 23.3. The van der Waals surface area contributed by atoms with Crippen LogP contribution in [0, 0.1) is 5.82 Å². The van der Waals surface area contributed by atoms with Crippen LogP contribution in [0.5, 0.6) is 0 Å². The van der Waals surface area contributed by atoms with Gasteiger partial charge in [0, 0.05) is 11.6 Å². The average molecular weight is 485 g/mol. The highest BCUT2D eigenvalue weighted by Crippen LogP contribution is 2.28. The van der Waals surface area contributed by atoms with Crippen molar-refractivity contribution in [2.45, 2.75) is 24.4 Å². The summed E-state index contributed by atoms with van der Waals surface area (Å²) in [5.74, 6) is -0.479. The third-order valence-corrected chi connectivity index (χ3v) is 6.96. The van der Waals surface area contributed by atoms with Crippen LogP contribution in [0.3, 0.4) is 0 Å². The molecule has 1 amide bonds. The Kier molecular flexibility index (Phi) is 7.38. The van der Waals surface area contributed by atoms with Crippen LogP contribution in [0.2, 0.25) is 10.0 Å². The molecule has 2 aromatic carbocycles. The van der Waals surface area contributed by atoms with E-state index in [9.17, 15) is 17.6 Å². The summed E-state index contributed by atoms with van der Waals surface area (Å²) in [6, 6.07) is 12.3.